The molecule has 112 valence electrons. The number of halogens is 1. The van der Waals surface area contributed by atoms with Crippen LogP contribution in [0.5, 0.6) is 5.75 Å². The van der Waals surface area contributed by atoms with Crippen molar-refractivity contribution in [2.45, 2.75) is 26.7 Å². The van der Waals surface area contributed by atoms with Crippen molar-refractivity contribution in [2.24, 2.45) is 5.73 Å². The number of unbranched alkanes of at least 4 members (excludes halogenated alkanes) is 1. The SMILES string of the molecule is CCCCOc1ccc(C(N)=O)cc1.CCOC(=O)Cl. The van der Waals surface area contributed by atoms with Gasteiger partial charge in [0.15, 0.2) is 0 Å². The van der Waals surface area contributed by atoms with Gasteiger partial charge in [-0.2, -0.15) is 0 Å². The van der Waals surface area contributed by atoms with Gasteiger partial charge in [0.05, 0.1) is 13.2 Å². The van der Waals surface area contributed by atoms with Gasteiger partial charge in [0.25, 0.3) is 0 Å². The van der Waals surface area contributed by atoms with Gasteiger partial charge in [0.2, 0.25) is 5.91 Å². The lowest BCUT2D eigenvalue weighted by Crippen LogP contribution is -2.10. The van der Waals surface area contributed by atoms with Crippen molar-refractivity contribution in [3.63, 3.8) is 0 Å². The second-order valence-electron chi connectivity index (χ2n) is 3.76. The summed E-state index contributed by atoms with van der Waals surface area (Å²) < 4.78 is 9.60. The Hall–Kier alpha value is -1.75. The van der Waals surface area contributed by atoms with Crippen molar-refractivity contribution in [1.29, 1.82) is 0 Å². The van der Waals surface area contributed by atoms with Crippen LogP contribution >= 0.6 is 11.6 Å². The number of hydrogen-bond acceptors (Lipinski definition) is 4. The molecule has 0 aliphatic carbocycles. The van der Waals surface area contributed by atoms with E-state index in [1.807, 2.05) is 0 Å². The first-order valence-electron chi connectivity index (χ1n) is 6.36. The standard InChI is InChI=1S/C11H15NO2.C3H5ClO2/c1-2-3-8-14-10-6-4-9(5-7-10)11(12)13;1-2-6-3(4)5/h4-7H,2-3,8H2,1H3,(H2,12,13);2H2,1H3. The summed E-state index contributed by atoms with van der Waals surface area (Å²) in [5.74, 6) is 0.369. The number of rotatable bonds is 6. The number of carbonyl (C=O) groups is 2. The van der Waals surface area contributed by atoms with Gasteiger partial charge in [-0.25, -0.2) is 4.79 Å². The molecule has 6 heteroatoms. The summed E-state index contributed by atoms with van der Waals surface area (Å²) >= 11 is 4.72. The minimum Gasteiger partial charge on any atom is -0.494 e. The molecule has 0 fully saturated rings. The normalized spacial score (nSPS) is 9.15. The number of ether oxygens (including phenoxy) is 2. The van der Waals surface area contributed by atoms with Crippen LogP contribution in [0.3, 0.4) is 0 Å². The maximum absolute atomic E-state index is 10.8. The van der Waals surface area contributed by atoms with E-state index in [1.165, 1.54) is 0 Å². The Morgan fingerprint density at radius 1 is 1.20 bits per heavy atom. The molecule has 1 aromatic carbocycles. The van der Waals surface area contributed by atoms with E-state index in [2.05, 4.69) is 11.7 Å². The average molecular weight is 302 g/mol. The Bertz CT molecular complexity index is 406. The lowest BCUT2D eigenvalue weighted by atomic mass is 10.2. The van der Waals surface area contributed by atoms with Crippen LogP contribution in [0.4, 0.5) is 4.79 Å². The first kappa shape index (κ1) is 18.2. The molecule has 2 N–H and O–H groups in total. The van der Waals surface area contributed by atoms with Gasteiger partial charge in [-0.1, -0.05) is 13.3 Å². The zero-order chi connectivity index (χ0) is 15.4. The molecule has 0 atom stereocenters. The lowest BCUT2D eigenvalue weighted by Gasteiger charge is -2.04. The minimum atomic E-state index is -0.738. The summed E-state index contributed by atoms with van der Waals surface area (Å²) in [6, 6.07) is 6.86. The van der Waals surface area contributed by atoms with E-state index in [0.29, 0.717) is 18.8 Å². The quantitative estimate of drug-likeness (QED) is 0.645. The summed E-state index contributed by atoms with van der Waals surface area (Å²) in [4.78, 5) is 20.3. The molecule has 0 aliphatic heterocycles. The van der Waals surface area contributed by atoms with Crippen LogP contribution in [0.15, 0.2) is 24.3 Å². The van der Waals surface area contributed by atoms with Crippen molar-refractivity contribution in [3.05, 3.63) is 29.8 Å². The fourth-order valence-electron chi connectivity index (χ4n) is 1.16. The molecule has 5 nitrogen and oxygen atoms in total. The molecule has 0 spiro atoms. The molecule has 20 heavy (non-hydrogen) atoms. The van der Waals surface area contributed by atoms with Gasteiger partial charge >= 0.3 is 5.43 Å². The van der Waals surface area contributed by atoms with Gasteiger partial charge < -0.3 is 15.2 Å². The Labute approximate surface area is 124 Å². The third-order valence-corrected chi connectivity index (χ3v) is 2.27. The molecule has 0 aromatic heterocycles. The maximum atomic E-state index is 10.8. The average Bonchev–Trinajstić information content (AvgIpc) is 2.40. The maximum Gasteiger partial charge on any atom is 0.403 e. The van der Waals surface area contributed by atoms with Crippen molar-refractivity contribution in [1.82, 2.24) is 0 Å². The minimum absolute atomic E-state index is 0.350. The Morgan fingerprint density at radius 2 is 1.80 bits per heavy atom. The van der Waals surface area contributed by atoms with E-state index in [-0.39, 0.29) is 0 Å². The zero-order valence-electron chi connectivity index (χ0n) is 11.7. The molecular weight excluding hydrogens is 282 g/mol. The number of carbonyl (C=O) groups excluding carboxylic acids is 2. The van der Waals surface area contributed by atoms with E-state index in [0.717, 1.165) is 18.6 Å². The summed E-state index contributed by atoms with van der Waals surface area (Å²) in [6.45, 7) is 4.87. The van der Waals surface area contributed by atoms with Gasteiger partial charge in [-0.3, -0.25) is 4.79 Å². The molecule has 0 radical (unpaired) electrons. The van der Waals surface area contributed by atoms with Gasteiger partial charge in [-0.05, 0) is 37.6 Å². The van der Waals surface area contributed by atoms with Crippen LogP contribution in [-0.4, -0.2) is 24.5 Å². The van der Waals surface area contributed by atoms with Crippen LogP contribution < -0.4 is 10.5 Å². The summed E-state index contributed by atoms with van der Waals surface area (Å²) in [5, 5.41) is 0. The molecule has 0 unspecified atom stereocenters. The highest BCUT2D eigenvalue weighted by Gasteiger charge is 1.99. The molecule has 0 heterocycles. The smallest absolute Gasteiger partial charge is 0.403 e. The van der Waals surface area contributed by atoms with E-state index < -0.39 is 11.3 Å². The van der Waals surface area contributed by atoms with Gasteiger partial charge in [0.1, 0.15) is 5.75 Å². The largest absolute Gasteiger partial charge is 0.494 e. The van der Waals surface area contributed by atoms with Crippen LogP contribution in [0, 0.1) is 0 Å². The second-order valence-corrected chi connectivity index (χ2v) is 4.07. The lowest BCUT2D eigenvalue weighted by molar-refractivity contribution is 0.1000. The third kappa shape index (κ3) is 9.22. The van der Waals surface area contributed by atoms with E-state index in [9.17, 15) is 9.59 Å². The molecule has 1 aromatic rings. The van der Waals surface area contributed by atoms with Crippen LogP contribution in [0.1, 0.15) is 37.0 Å². The highest BCUT2D eigenvalue weighted by atomic mass is 35.5. The highest BCUT2D eigenvalue weighted by molar-refractivity contribution is 6.61. The third-order valence-electron chi connectivity index (χ3n) is 2.16. The Balaban J connectivity index is 0.000000511. The van der Waals surface area contributed by atoms with Gasteiger partial charge in [-0.15, -0.1) is 0 Å². The predicted octanol–water partition coefficient (Wildman–Crippen LogP) is 3.35. The zero-order valence-corrected chi connectivity index (χ0v) is 12.5. The summed E-state index contributed by atoms with van der Waals surface area (Å²) in [5.41, 5.74) is 4.87. The van der Waals surface area contributed by atoms with Crippen molar-refractivity contribution in [3.8, 4) is 5.75 Å². The van der Waals surface area contributed by atoms with E-state index >= 15 is 0 Å². The molecule has 0 aliphatic rings. The number of nitrogens with two attached hydrogens (primary N) is 1. The predicted molar refractivity (Wildman–Crippen MR) is 78.2 cm³/mol. The molecular formula is C14H20ClNO4. The van der Waals surface area contributed by atoms with E-state index in [1.54, 1.807) is 31.2 Å². The molecule has 0 saturated carbocycles. The molecule has 1 amide bonds. The summed E-state index contributed by atoms with van der Waals surface area (Å²) in [6.07, 6.45) is 2.15. The van der Waals surface area contributed by atoms with Gasteiger partial charge in [0, 0.05) is 17.2 Å². The fourth-order valence-corrected chi connectivity index (χ4v) is 1.27. The number of benzene rings is 1. The topological polar surface area (TPSA) is 78.6 Å². The number of hydrogen-bond donors (Lipinski definition) is 1. The Kier molecular flexibility index (Phi) is 10.1. The second kappa shape index (κ2) is 11.1. The molecule has 0 bridgehead atoms. The molecule has 0 saturated heterocycles. The summed E-state index contributed by atoms with van der Waals surface area (Å²) in [7, 11) is 0. The van der Waals surface area contributed by atoms with Crippen molar-refractivity contribution < 1.29 is 19.1 Å². The first-order chi connectivity index (χ1) is 9.51. The van der Waals surface area contributed by atoms with Crippen LogP contribution in [0.2, 0.25) is 0 Å². The fraction of sp³-hybridized carbons (Fsp3) is 0.429. The van der Waals surface area contributed by atoms with Crippen LogP contribution in [0.25, 0.3) is 0 Å². The number of primary amides is 1. The van der Waals surface area contributed by atoms with E-state index in [4.69, 9.17) is 22.1 Å². The van der Waals surface area contributed by atoms with Crippen molar-refractivity contribution in [2.75, 3.05) is 13.2 Å². The first-order valence-corrected chi connectivity index (χ1v) is 6.74. The van der Waals surface area contributed by atoms with Crippen molar-refractivity contribution >= 4 is 22.9 Å². The van der Waals surface area contributed by atoms with Crippen LogP contribution in [-0.2, 0) is 4.74 Å². The molecule has 1 rings (SSSR count). The Morgan fingerprint density at radius 3 is 2.15 bits per heavy atom. The highest BCUT2D eigenvalue weighted by Crippen LogP contribution is 2.12. The monoisotopic (exact) mass is 301 g/mol. The number of amides is 1.